The van der Waals surface area contributed by atoms with E-state index in [1.54, 1.807) is 56.4 Å². The second-order valence-corrected chi connectivity index (χ2v) is 13.5. The molecule has 1 atom stereocenters. The summed E-state index contributed by atoms with van der Waals surface area (Å²) in [4.78, 5) is 44.6. The third-order valence-corrected chi connectivity index (χ3v) is 9.54. The van der Waals surface area contributed by atoms with E-state index in [9.17, 15) is 22.8 Å². The van der Waals surface area contributed by atoms with Crippen LogP contribution in [0.1, 0.15) is 57.7 Å². The number of rotatable bonds is 11. The molecule has 248 valence electrons. The zero-order chi connectivity index (χ0) is 33.9. The average Bonchev–Trinajstić information content (AvgIpc) is 3.88. The van der Waals surface area contributed by atoms with E-state index in [0.717, 1.165) is 23.5 Å². The highest BCUT2D eigenvalue weighted by atomic mass is 32.2. The number of anilines is 1. The normalized spacial score (nSPS) is 13.7. The number of fused-ring (bicyclic) bond motifs is 1. The molecule has 1 unspecified atom stereocenters. The first kappa shape index (κ1) is 33.6. The highest BCUT2D eigenvalue weighted by Gasteiger charge is 2.28. The van der Waals surface area contributed by atoms with Crippen LogP contribution in [0.5, 0.6) is 0 Å². The molecule has 47 heavy (non-hydrogen) atoms. The van der Waals surface area contributed by atoms with Gasteiger partial charge in [0.05, 0.1) is 22.4 Å². The fraction of sp³-hybridized carbons (Fsp3) is 0.353. The van der Waals surface area contributed by atoms with E-state index in [1.165, 1.54) is 23.1 Å². The number of nitrogens with zero attached hydrogens (tertiary/aromatic N) is 3. The Labute approximate surface area is 272 Å². The molecule has 1 fully saturated rings. The molecule has 0 radical (unpaired) electrons. The number of hydrogen-bond donors (Lipinski definition) is 2. The van der Waals surface area contributed by atoms with E-state index < -0.39 is 28.0 Å². The highest BCUT2D eigenvalue weighted by Crippen LogP contribution is 2.33. The third kappa shape index (κ3) is 7.62. The van der Waals surface area contributed by atoms with Crippen molar-refractivity contribution in [2.75, 3.05) is 19.0 Å². The first-order valence-corrected chi connectivity index (χ1v) is 17.0. The Hall–Kier alpha value is -4.78. The van der Waals surface area contributed by atoms with Gasteiger partial charge < -0.3 is 15.0 Å². The number of nitrogens with one attached hydrogen (secondary N) is 2. The van der Waals surface area contributed by atoms with Gasteiger partial charge in [0.1, 0.15) is 5.82 Å². The first-order chi connectivity index (χ1) is 22.4. The molecule has 0 bridgehead atoms. The van der Waals surface area contributed by atoms with Crippen LogP contribution in [-0.4, -0.2) is 54.7 Å². The number of amides is 3. The van der Waals surface area contributed by atoms with Crippen LogP contribution in [0.25, 0.3) is 22.0 Å². The SMILES string of the molecule is CCc1nc2ccc(NC(=O)N(C)C(C)C)cc2c(=O)n1C(F)c1ccc(-c2ccccc2)c(S(=O)(=O)NC(=O)OCCC2CC2)c1. The Morgan fingerprint density at radius 2 is 1.81 bits per heavy atom. The van der Waals surface area contributed by atoms with Crippen LogP contribution in [0, 0.1) is 5.92 Å². The van der Waals surface area contributed by atoms with Crippen molar-refractivity contribution < 1.29 is 27.1 Å². The van der Waals surface area contributed by atoms with Crippen molar-refractivity contribution in [3.8, 4) is 11.1 Å². The number of urea groups is 1. The zero-order valence-corrected chi connectivity index (χ0v) is 27.5. The molecule has 3 amide bonds. The van der Waals surface area contributed by atoms with E-state index >= 15 is 4.39 Å². The average molecular weight is 664 g/mol. The van der Waals surface area contributed by atoms with Gasteiger partial charge in [-0.15, -0.1) is 0 Å². The Morgan fingerprint density at radius 3 is 2.47 bits per heavy atom. The molecule has 0 saturated heterocycles. The lowest BCUT2D eigenvalue weighted by atomic mass is 10.0. The zero-order valence-electron chi connectivity index (χ0n) is 26.7. The second-order valence-electron chi connectivity index (χ2n) is 11.9. The number of aromatic nitrogens is 2. The van der Waals surface area contributed by atoms with E-state index in [1.807, 2.05) is 18.6 Å². The smallest absolute Gasteiger partial charge is 0.421 e. The molecule has 0 spiro atoms. The van der Waals surface area contributed by atoms with E-state index in [4.69, 9.17) is 4.74 Å². The lowest BCUT2D eigenvalue weighted by Gasteiger charge is -2.22. The van der Waals surface area contributed by atoms with E-state index in [2.05, 4.69) is 10.3 Å². The topological polar surface area (TPSA) is 140 Å². The van der Waals surface area contributed by atoms with E-state index in [0.29, 0.717) is 29.1 Å². The van der Waals surface area contributed by atoms with E-state index in [-0.39, 0.29) is 52.3 Å². The quantitative estimate of drug-likeness (QED) is 0.194. The fourth-order valence-corrected chi connectivity index (χ4v) is 6.24. The number of carbonyl (C=O) groups excluding carboxylic acids is 2. The number of carbonyl (C=O) groups is 2. The predicted octanol–water partition coefficient (Wildman–Crippen LogP) is 6.23. The van der Waals surface area contributed by atoms with Crippen molar-refractivity contribution in [1.82, 2.24) is 19.2 Å². The maximum atomic E-state index is 16.6. The Morgan fingerprint density at radius 1 is 1.09 bits per heavy atom. The van der Waals surface area contributed by atoms with Crippen molar-refractivity contribution >= 4 is 38.7 Å². The van der Waals surface area contributed by atoms with Gasteiger partial charge in [-0.1, -0.05) is 62.2 Å². The van der Waals surface area contributed by atoms with Gasteiger partial charge >= 0.3 is 12.1 Å². The molecule has 1 aromatic heterocycles. The molecule has 1 aliphatic carbocycles. The van der Waals surface area contributed by atoms with Crippen molar-refractivity contribution in [2.24, 2.45) is 5.92 Å². The summed E-state index contributed by atoms with van der Waals surface area (Å²) in [7, 11) is -2.90. The molecule has 3 aromatic carbocycles. The maximum absolute atomic E-state index is 16.6. The van der Waals surface area contributed by atoms with Crippen molar-refractivity contribution in [2.45, 2.75) is 63.7 Å². The van der Waals surface area contributed by atoms with Gasteiger partial charge in [-0.3, -0.25) is 9.36 Å². The van der Waals surface area contributed by atoms with Crippen LogP contribution in [0.2, 0.25) is 0 Å². The van der Waals surface area contributed by atoms with Gasteiger partial charge in [-0.25, -0.2) is 32.1 Å². The molecule has 13 heteroatoms. The Balaban J connectivity index is 1.54. The maximum Gasteiger partial charge on any atom is 0.421 e. The summed E-state index contributed by atoms with van der Waals surface area (Å²) in [6.45, 7) is 5.52. The third-order valence-electron chi connectivity index (χ3n) is 8.19. The number of aryl methyl sites for hydroxylation is 1. The summed E-state index contributed by atoms with van der Waals surface area (Å²) in [5, 5.41) is 2.81. The number of halogens is 1. The standard InChI is InChI=1S/C34H38FN5O6S/c1-5-30-37-28-16-14-25(36-33(42)39(4)21(2)3)20-27(28)32(41)40(30)31(35)24-13-15-26(23-9-7-6-8-10-23)29(19-24)47(44,45)38-34(43)46-18-17-22-11-12-22/h6-10,13-16,19-22,31H,5,11-12,17-18H2,1-4H3,(H,36,42)(H,38,43). The monoisotopic (exact) mass is 663 g/mol. The summed E-state index contributed by atoms with van der Waals surface area (Å²) >= 11 is 0. The minimum Gasteiger partial charge on any atom is -0.449 e. The lowest BCUT2D eigenvalue weighted by Crippen LogP contribution is -2.36. The minimum atomic E-state index is -4.54. The van der Waals surface area contributed by atoms with Crippen LogP contribution < -0.4 is 15.6 Å². The minimum absolute atomic E-state index is 0.0658. The van der Waals surface area contributed by atoms with Gasteiger partial charge in [0.25, 0.3) is 15.6 Å². The fourth-order valence-electron chi connectivity index (χ4n) is 5.09. The molecule has 1 saturated carbocycles. The number of sulfonamides is 1. The number of benzene rings is 3. The van der Waals surface area contributed by atoms with Gasteiger partial charge in [-0.05, 0) is 56.0 Å². The van der Waals surface area contributed by atoms with Crippen LogP contribution in [0.4, 0.5) is 19.7 Å². The Kier molecular flexibility index (Phi) is 9.94. The largest absolute Gasteiger partial charge is 0.449 e. The molecule has 11 nitrogen and oxygen atoms in total. The molecular formula is C34H38FN5O6S. The molecule has 1 aliphatic rings. The molecule has 2 N–H and O–H groups in total. The number of hydrogen-bond acceptors (Lipinski definition) is 7. The summed E-state index contributed by atoms with van der Waals surface area (Å²) in [5.41, 5.74) is 0.544. The highest BCUT2D eigenvalue weighted by molar-refractivity contribution is 7.90. The van der Waals surface area contributed by atoms with Crippen LogP contribution in [0.3, 0.4) is 0 Å². The van der Waals surface area contributed by atoms with Gasteiger partial charge in [0.2, 0.25) is 6.30 Å². The van der Waals surface area contributed by atoms with Crippen LogP contribution in [0.15, 0.2) is 76.4 Å². The predicted molar refractivity (Wildman–Crippen MR) is 177 cm³/mol. The van der Waals surface area contributed by atoms with Crippen molar-refractivity contribution in [1.29, 1.82) is 0 Å². The van der Waals surface area contributed by atoms with Gasteiger partial charge in [0.15, 0.2) is 0 Å². The summed E-state index contributed by atoms with van der Waals surface area (Å²) < 4.78 is 51.7. The molecule has 4 aromatic rings. The second kappa shape index (κ2) is 13.9. The van der Waals surface area contributed by atoms with Gasteiger partial charge in [-0.2, -0.15) is 0 Å². The molecule has 0 aliphatic heterocycles. The number of ether oxygens (including phenoxy) is 1. The first-order valence-electron chi connectivity index (χ1n) is 15.5. The molecular weight excluding hydrogens is 625 g/mol. The molecule has 5 rings (SSSR count). The van der Waals surface area contributed by atoms with Crippen LogP contribution >= 0.6 is 0 Å². The van der Waals surface area contributed by atoms with Crippen molar-refractivity contribution in [3.63, 3.8) is 0 Å². The van der Waals surface area contributed by atoms with Gasteiger partial charge in [0, 0.05) is 36.3 Å². The summed E-state index contributed by atoms with van der Waals surface area (Å²) in [5.74, 6) is 0.625. The van der Waals surface area contributed by atoms with Crippen molar-refractivity contribution in [3.05, 3.63) is 88.5 Å². The molecule has 1 heterocycles. The number of alkyl halides is 1. The summed E-state index contributed by atoms with van der Waals surface area (Å²) in [6, 6.07) is 16.7. The lowest BCUT2D eigenvalue weighted by molar-refractivity contribution is 0.149. The Bertz CT molecular complexity index is 1960. The van der Waals surface area contributed by atoms with Crippen LogP contribution in [-0.2, 0) is 21.2 Å². The summed E-state index contributed by atoms with van der Waals surface area (Å²) in [6.07, 6.45) is -0.292.